The van der Waals surface area contributed by atoms with Crippen LogP contribution >= 0.6 is 15.8 Å². The maximum absolute atomic E-state index is 7.81. The summed E-state index contributed by atoms with van der Waals surface area (Å²) >= 11 is 0. The van der Waals surface area contributed by atoms with Gasteiger partial charge in [-0.15, -0.1) is 0 Å². The molecule has 0 fully saturated rings. The first kappa shape index (κ1) is 41.0. The summed E-state index contributed by atoms with van der Waals surface area (Å²) in [5.74, 6) is 5.90. The van der Waals surface area contributed by atoms with Crippen LogP contribution in [-0.4, -0.2) is 0 Å². The zero-order valence-electron chi connectivity index (χ0n) is 36.9. The fourth-order valence-electron chi connectivity index (χ4n) is 9.44. The summed E-state index contributed by atoms with van der Waals surface area (Å²) in [6, 6.07) is 37.0. The van der Waals surface area contributed by atoms with E-state index in [0.29, 0.717) is 0 Å². The van der Waals surface area contributed by atoms with Crippen molar-refractivity contribution in [2.75, 3.05) is 0 Å². The molecule has 0 radical (unpaired) electrons. The Balaban J connectivity index is 1.30. The van der Waals surface area contributed by atoms with Crippen molar-refractivity contribution in [2.24, 2.45) is 0 Å². The van der Waals surface area contributed by atoms with Gasteiger partial charge in [0.15, 0.2) is 0 Å². The van der Waals surface area contributed by atoms with E-state index in [2.05, 4.69) is 152 Å². The number of aryl methyl sites for hydroxylation is 6. The van der Waals surface area contributed by atoms with Crippen molar-refractivity contribution in [3.05, 3.63) is 142 Å². The molecule has 9 rings (SSSR count). The summed E-state index contributed by atoms with van der Waals surface area (Å²) in [4.78, 5) is 0. The van der Waals surface area contributed by atoms with Gasteiger partial charge in [0, 0.05) is 48.4 Å². The van der Waals surface area contributed by atoms with Crippen molar-refractivity contribution < 1.29 is 14.2 Å². The van der Waals surface area contributed by atoms with Gasteiger partial charge in [-0.3, -0.25) is 0 Å². The van der Waals surface area contributed by atoms with Crippen LogP contribution in [0.3, 0.4) is 0 Å². The molecular formula is C55H60O3P2. The Hall–Kier alpha value is -4.42. The molecule has 0 aromatic heterocycles. The first-order valence-corrected chi connectivity index (χ1v) is 25.1. The lowest BCUT2D eigenvalue weighted by atomic mass is 9.74. The lowest BCUT2D eigenvalue weighted by Gasteiger charge is -2.40. The van der Waals surface area contributed by atoms with Crippen LogP contribution in [0.15, 0.2) is 97.1 Å². The van der Waals surface area contributed by atoms with E-state index in [1.165, 1.54) is 128 Å². The Kier molecular flexibility index (Phi) is 11.5. The second-order valence-electron chi connectivity index (χ2n) is 18.1. The van der Waals surface area contributed by atoms with Crippen molar-refractivity contribution in [1.82, 2.24) is 0 Å². The Morgan fingerprint density at radius 1 is 0.400 bits per heavy atom. The molecule has 3 heterocycles. The molecule has 0 spiro atoms. The molecule has 3 nitrogen and oxygen atoms in total. The molecule has 0 atom stereocenters. The van der Waals surface area contributed by atoms with Crippen molar-refractivity contribution in [3.63, 3.8) is 0 Å². The second-order valence-corrected chi connectivity index (χ2v) is 22.3. The van der Waals surface area contributed by atoms with E-state index >= 15 is 0 Å². The normalized spacial score (nSPS) is 14.7. The summed E-state index contributed by atoms with van der Waals surface area (Å²) in [5.41, 5.74) is 10.1. The lowest BCUT2D eigenvalue weighted by Crippen LogP contribution is -2.35. The number of fused-ring (bicyclic) bond motifs is 6. The summed E-state index contributed by atoms with van der Waals surface area (Å²) in [7, 11) is -2.03. The summed E-state index contributed by atoms with van der Waals surface area (Å²) < 4.78 is 21.2. The Bertz CT molecular complexity index is 2320. The van der Waals surface area contributed by atoms with Crippen LogP contribution in [0.1, 0.15) is 124 Å². The standard InChI is InChI=1S/C55H60O3P2/c1-9-11-13-15-17-39-31-41-53(51(33-39)59-47-27-35(3)19-23-43(47)56-44-24-20-36(4)28-48(44)59)58-54-42(55(41,7)8)32-40(18-16-14-12-10-2)34-52(54)60-49-29-37(5)21-25-45(49)57-46-26-22-38(6)30-50(46)60/h19-34H,9-18H2,1-8H3. The highest BCUT2D eigenvalue weighted by Gasteiger charge is 2.43. The third kappa shape index (κ3) is 7.60. The minimum absolute atomic E-state index is 0.315. The van der Waals surface area contributed by atoms with Crippen molar-refractivity contribution >= 4 is 47.7 Å². The van der Waals surface area contributed by atoms with Crippen molar-refractivity contribution in [2.45, 2.75) is 125 Å². The van der Waals surface area contributed by atoms with Crippen LogP contribution < -0.4 is 46.0 Å². The molecule has 0 saturated carbocycles. The van der Waals surface area contributed by atoms with Crippen LogP contribution in [-0.2, 0) is 18.3 Å². The second kappa shape index (κ2) is 16.8. The highest BCUT2D eigenvalue weighted by molar-refractivity contribution is 7.81. The highest BCUT2D eigenvalue weighted by atomic mass is 31.1. The fraction of sp³-hybridized carbons (Fsp3) is 0.345. The molecule has 0 unspecified atom stereocenters. The van der Waals surface area contributed by atoms with E-state index in [1.54, 1.807) is 0 Å². The largest absolute Gasteiger partial charge is 0.456 e. The lowest BCUT2D eigenvalue weighted by molar-refractivity contribution is 0.424. The van der Waals surface area contributed by atoms with Crippen LogP contribution in [0.5, 0.6) is 34.5 Å². The highest BCUT2D eigenvalue weighted by Crippen LogP contribution is 2.56. The molecule has 308 valence electrons. The number of hydrogen-bond donors (Lipinski definition) is 0. The SMILES string of the molecule is CCCCCCc1cc(P2c3cc(C)ccc3Oc3ccc(C)cc32)c2c(c1)C(C)(C)c1cc(CCCCCC)cc(P3c4cc(C)ccc4Oc4ccc(C)cc43)c1O2. The molecule has 0 saturated heterocycles. The van der Waals surface area contributed by atoms with E-state index in [1.807, 2.05) is 0 Å². The molecule has 0 bridgehead atoms. The topological polar surface area (TPSA) is 27.7 Å². The van der Waals surface area contributed by atoms with Gasteiger partial charge in [0.05, 0.1) is 0 Å². The molecule has 0 amide bonds. The van der Waals surface area contributed by atoms with Crippen LogP contribution in [0.25, 0.3) is 0 Å². The van der Waals surface area contributed by atoms with Crippen LogP contribution in [0, 0.1) is 27.7 Å². The third-order valence-electron chi connectivity index (χ3n) is 12.8. The monoisotopic (exact) mass is 830 g/mol. The van der Waals surface area contributed by atoms with Crippen LogP contribution in [0.2, 0.25) is 0 Å². The van der Waals surface area contributed by atoms with Gasteiger partial charge in [0.2, 0.25) is 0 Å². The number of benzene rings is 6. The zero-order chi connectivity index (χ0) is 41.7. The smallest absolute Gasteiger partial charge is 0.139 e. The Morgan fingerprint density at radius 2 is 0.750 bits per heavy atom. The van der Waals surface area contributed by atoms with E-state index < -0.39 is 15.8 Å². The number of ether oxygens (including phenoxy) is 3. The summed E-state index contributed by atoms with van der Waals surface area (Å²) in [5, 5.41) is 7.68. The average Bonchev–Trinajstić information content (AvgIpc) is 3.23. The molecule has 6 aromatic rings. The first-order chi connectivity index (χ1) is 29.0. The molecule has 6 aromatic carbocycles. The van der Waals surface area contributed by atoms with Gasteiger partial charge in [-0.2, -0.15) is 0 Å². The quantitative estimate of drug-likeness (QED) is 0.0907. The fourth-order valence-corrected chi connectivity index (χ4v) is 15.0. The number of rotatable bonds is 12. The number of unbranched alkanes of at least 4 members (excludes halogenated alkanes) is 6. The van der Waals surface area contributed by atoms with E-state index in [4.69, 9.17) is 14.2 Å². The third-order valence-corrected chi connectivity index (χ3v) is 17.7. The van der Waals surface area contributed by atoms with Crippen molar-refractivity contribution in [1.29, 1.82) is 0 Å². The van der Waals surface area contributed by atoms with Gasteiger partial charge < -0.3 is 14.2 Å². The van der Waals surface area contributed by atoms with Gasteiger partial charge >= 0.3 is 0 Å². The minimum atomic E-state index is -1.01. The molecular weight excluding hydrogens is 771 g/mol. The first-order valence-electron chi connectivity index (χ1n) is 22.4. The van der Waals surface area contributed by atoms with Gasteiger partial charge in [-0.05, 0) is 141 Å². The summed E-state index contributed by atoms with van der Waals surface area (Å²) in [6.45, 7) is 18.3. The van der Waals surface area contributed by atoms with Crippen LogP contribution in [0.4, 0.5) is 0 Å². The molecule has 0 N–H and O–H groups in total. The molecule has 5 heteroatoms. The summed E-state index contributed by atoms with van der Waals surface area (Å²) in [6.07, 6.45) is 12.0. The maximum Gasteiger partial charge on any atom is 0.139 e. The molecule has 3 aliphatic rings. The van der Waals surface area contributed by atoms with E-state index in [0.717, 1.165) is 47.3 Å². The predicted molar refractivity (Wildman–Crippen MR) is 257 cm³/mol. The Morgan fingerprint density at radius 3 is 1.08 bits per heavy atom. The van der Waals surface area contributed by atoms with Crippen molar-refractivity contribution in [3.8, 4) is 34.5 Å². The average molecular weight is 831 g/mol. The molecule has 0 aliphatic carbocycles. The molecule has 3 aliphatic heterocycles. The Labute approximate surface area is 361 Å². The zero-order valence-corrected chi connectivity index (χ0v) is 38.7. The predicted octanol–water partition coefficient (Wildman–Crippen LogP) is 13.3. The minimum Gasteiger partial charge on any atom is -0.456 e. The number of hydrogen-bond acceptors (Lipinski definition) is 3. The van der Waals surface area contributed by atoms with Gasteiger partial charge in [-0.1, -0.05) is 125 Å². The van der Waals surface area contributed by atoms with Gasteiger partial charge in [-0.25, -0.2) is 0 Å². The van der Waals surface area contributed by atoms with Gasteiger partial charge in [0.25, 0.3) is 0 Å². The van der Waals surface area contributed by atoms with Gasteiger partial charge in [0.1, 0.15) is 34.5 Å². The molecule has 60 heavy (non-hydrogen) atoms. The maximum atomic E-state index is 7.81. The van der Waals surface area contributed by atoms with E-state index in [-0.39, 0.29) is 5.41 Å². The van der Waals surface area contributed by atoms with E-state index in [9.17, 15) is 0 Å².